The topological polar surface area (TPSA) is 58.4 Å². The fourth-order valence-corrected chi connectivity index (χ4v) is 1.97. The molecule has 0 saturated carbocycles. The Morgan fingerprint density at radius 2 is 2.31 bits per heavy atom. The molecule has 0 unspecified atom stereocenters. The normalized spacial score (nSPS) is 26.8. The van der Waals surface area contributed by atoms with E-state index in [9.17, 15) is 4.79 Å². The van der Waals surface area contributed by atoms with Gasteiger partial charge in [0.1, 0.15) is 0 Å². The summed E-state index contributed by atoms with van der Waals surface area (Å²) in [5.41, 5.74) is 2.20. The molecular formula is C9H19N3O. The van der Waals surface area contributed by atoms with Crippen molar-refractivity contribution in [1.29, 1.82) is 0 Å². The number of nitrogens with one attached hydrogen (secondary N) is 1. The maximum atomic E-state index is 11.3. The lowest BCUT2D eigenvalue weighted by molar-refractivity contribution is -0.127. The van der Waals surface area contributed by atoms with Gasteiger partial charge in [0.2, 0.25) is 0 Å². The number of carbonyl (C=O) groups excluding carboxylic acids is 1. The summed E-state index contributed by atoms with van der Waals surface area (Å²) in [6.07, 6.45) is 3.64. The number of piperidine rings is 1. The van der Waals surface area contributed by atoms with Gasteiger partial charge in [0.05, 0.1) is 6.04 Å². The molecule has 0 bridgehead atoms. The molecule has 0 aromatic carbocycles. The van der Waals surface area contributed by atoms with E-state index < -0.39 is 0 Å². The van der Waals surface area contributed by atoms with E-state index in [0.717, 1.165) is 6.54 Å². The zero-order valence-corrected chi connectivity index (χ0v) is 8.42. The minimum absolute atomic E-state index is 0.0891. The van der Waals surface area contributed by atoms with Gasteiger partial charge in [-0.1, -0.05) is 6.42 Å². The Bertz CT molecular complexity index is 184. The van der Waals surface area contributed by atoms with Gasteiger partial charge in [0.25, 0.3) is 5.91 Å². The lowest BCUT2D eigenvalue weighted by atomic mass is 10.0. The summed E-state index contributed by atoms with van der Waals surface area (Å²) in [5.74, 6) is 5.01. The summed E-state index contributed by atoms with van der Waals surface area (Å²) in [5, 5.41) is 0. The first kappa shape index (κ1) is 10.5. The quantitative estimate of drug-likeness (QED) is 0.368. The minimum atomic E-state index is -0.0969. The van der Waals surface area contributed by atoms with Crippen molar-refractivity contribution in [1.82, 2.24) is 10.3 Å². The molecule has 3 N–H and O–H groups in total. The number of rotatable bonds is 2. The number of hydrazine groups is 1. The number of amides is 1. The number of nitrogens with zero attached hydrogens (tertiary/aromatic N) is 1. The van der Waals surface area contributed by atoms with Crippen molar-refractivity contribution >= 4 is 5.91 Å². The Morgan fingerprint density at radius 3 is 2.85 bits per heavy atom. The lowest BCUT2D eigenvalue weighted by Crippen LogP contribution is -2.52. The molecule has 76 valence electrons. The summed E-state index contributed by atoms with van der Waals surface area (Å²) in [6, 6.07) is 0.404. The van der Waals surface area contributed by atoms with E-state index in [1.807, 2.05) is 6.92 Å². The summed E-state index contributed by atoms with van der Waals surface area (Å²) in [7, 11) is 0. The van der Waals surface area contributed by atoms with E-state index in [1.165, 1.54) is 19.3 Å². The molecule has 4 nitrogen and oxygen atoms in total. The molecule has 1 amide bonds. The van der Waals surface area contributed by atoms with Gasteiger partial charge >= 0.3 is 0 Å². The van der Waals surface area contributed by atoms with Crippen LogP contribution in [-0.4, -0.2) is 29.4 Å². The van der Waals surface area contributed by atoms with Gasteiger partial charge in [0, 0.05) is 6.04 Å². The van der Waals surface area contributed by atoms with Crippen LogP contribution >= 0.6 is 0 Å². The third kappa shape index (κ3) is 2.42. The van der Waals surface area contributed by atoms with E-state index in [1.54, 1.807) is 0 Å². The molecule has 0 spiro atoms. The van der Waals surface area contributed by atoms with E-state index in [0.29, 0.717) is 6.04 Å². The van der Waals surface area contributed by atoms with Crippen LogP contribution in [0.15, 0.2) is 0 Å². The van der Waals surface area contributed by atoms with Crippen LogP contribution in [0.5, 0.6) is 0 Å². The lowest BCUT2D eigenvalue weighted by Gasteiger charge is -2.36. The third-order valence-corrected chi connectivity index (χ3v) is 2.87. The zero-order chi connectivity index (χ0) is 9.84. The van der Waals surface area contributed by atoms with Crippen LogP contribution in [0.25, 0.3) is 0 Å². The first-order valence-electron chi connectivity index (χ1n) is 4.93. The van der Waals surface area contributed by atoms with Gasteiger partial charge in [-0.15, -0.1) is 0 Å². The molecule has 2 atom stereocenters. The molecular weight excluding hydrogens is 166 g/mol. The average Bonchev–Trinajstić information content (AvgIpc) is 2.16. The van der Waals surface area contributed by atoms with Crippen molar-refractivity contribution in [3.05, 3.63) is 0 Å². The van der Waals surface area contributed by atoms with Crippen molar-refractivity contribution in [2.75, 3.05) is 6.54 Å². The largest absolute Gasteiger partial charge is 0.293 e. The molecule has 0 aliphatic carbocycles. The number of hydrogen-bond acceptors (Lipinski definition) is 3. The van der Waals surface area contributed by atoms with Gasteiger partial charge in [-0.2, -0.15) is 0 Å². The van der Waals surface area contributed by atoms with Crippen LogP contribution in [0.1, 0.15) is 33.1 Å². The summed E-state index contributed by atoms with van der Waals surface area (Å²) < 4.78 is 0. The SMILES string of the molecule is C[C@@H]1CCCCN1[C@@H](C)C(=O)NN. The second-order valence-corrected chi connectivity index (χ2v) is 3.77. The Labute approximate surface area is 79.4 Å². The minimum Gasteiger partial charge on any atom is -0.293 e. The molecule has 0 aromatic rings. The molecule has 1 fully saturated rings. The number of hydrogen-bond donors (Lipinski definition) is 2. The van der Waals surface area contributed by atoms with Gasteiger partial charge in [0.15, 0.2) is 0 Å². The van der Waals surface area contributed by atoms with Crippen LogP contribution in [0.2, 0.25) is 0 Å². The second kappa shape index (κ2) is 4.58. The summed E-state index contributed by atoms with van der Waals surface area (Å²) in [6.45, 7) is 5.08. The van der Waals surface area contributed by atoms with Crippen molar-refractivity contribution in [2.45, 2.75) is 45.2 Å². The average molecular weight is 185 g/mol. The predicted molar refractivity (Wildman–Crippen MR) is 51.8 cm³/mol. The highest BCUT2D eigenvalue weighted by atomic mass is 16.2. The molecule has 0 aromatic heterocycles. The molecule has 13 heavy (non-hydrogen) atoms. The van der Waals surface area contributed by atoms with Gasteiger partial charge in [-0.05, 0) is 33.2 Å². The van der Waals surface area contributed by atoms with Crippen LogP contribution in [0, 0.1) is 0 Å². The van der Waals surface area contributed by atoms with E-state index in [4.69, 9.17) is 5.84 Å². The molecule has 4 heteroatoms. The Kier molecular flexibility index (Phi) is 3.69. The Hall–Kier alpha value is -0.610. The zero-order valence-electron chi connectivity index (χ0n) is 8.42. The maximum absolute atomic E-state index is 11.3. The molecule has 1 aliphatic heterocycles. The van der Waals surface area contributed by atoms with Gasteiger partial charge in [-0.25, -0.2) is 5.84 Å². The second-order valence-electron chi connectivity index (χ2n) is 3.77. The van der Waals surface area contributed by atoms with Crippen molar-refractivity contribution in [2.24, 2.45) is 5.84 Å². The van der Waals surface area contributed by atoms with Gasteiger partial charge in [-0.3, -0.25) is 15.1 Å². The highest BCUT2D eigenvalue weighted by molar-refractivity contribution is 5.80. The third-order valence-electron chi connectivity index (χ3n) is 2.87. The first-order valence-corrected chi connectivity index (χ1v) is 4.93. The van der Waals surface area contributed by atoms with Crippen LogP contribution in [0.3, 0.4) is 0 Å². The van der Waals surface area contributed by atoms with Crippen molar-refractivity contribution in [3.63, 3.8) is 0 Å². The number of carbonyl (C=O) groups is 1. The highest BCUT2D eigenvalue weighted by Crippen LogP contribution is 2.18. The smallest absolute Gasteiger partial charge is 0.250 e. The molecule has 1 heterocycles. The van der Waals surface area contributed by atoms with Crippen LogP contribution < -0.4 is 11.3 Å². The van der Waals surface area contributed by atoms with Crippen LogP contribution in [-0.2, 0) is 4.79 Å². The number of likely N-dealkylation sites (tertiary alicyclic amines) is 1. The van der Waals surface area contributed by atoms with Crippen LogP contribution in [0.4, 0.5) is 0 Å². The molecule has 1 aliphatic rings. The van der Waals surface area contributed by atoms with E-state index in [-0.39, 0.29) is 11.9 Å². The fourth-order valence-electron chi connectivity index (χ4n) is 1.97. The molecule has 1 saturated heterocycles. The standard InChI is InChI=1S/C9H19N3O/c1-7-5-3-4-6-12(7)8(2)9(13)11-10/h7-8H,3-6,10H2,1-2H3,(H,11,13)/t7-,8+/m1/s1. The van der Waals surface area contributed by atoms with Crippen molar-refractivity contribution in [3.8, 4) is 0 Å². The fraction of sp³-hybridized carbons (Fsp3) is 0.889. The Morgan fingerprint density at radius 1 is 1.62 bits per heavy atom. The summed E-state index contributed by atoms with van der Waals surface area (Å²) >= 11 is 0. The molecule has 0 radical (unpaired) electrons. The van der Waals surface area contributed by atoms with Gasteiger partial charge < -0.3 is 0 Å². The first-order chi connectivity index (χ1) is 6.16. The monoisotopic (exact) mass is 185 g/mol. The van der Waals surface area contributed by atoms with E-state index >= 15 is 0 Å². The predicted octanol–water partition coefficient (Wildman–Crippen LogP) is 0.239. The highest BCUT2D eigenvalue weighted by Gasteiger charge is 2.26. The number of nitrogens with two attached hydrogens (primary N) is 1. The van der Waals surface area contributed by atoms with Crippen molar-refractivity contribution < 1.29 is 4.79 Å². The molecule has 1 rings (SSSR count). The maximum Gasteiger partial charge on any atom is 0.250 e. The Balaban J connectivity index is 2.53. The van der Waals surface area contributed by atoms with E-state index in [2.05, 4.69) is 17.2 Å². The summed E-state index contributed by atoms with van der Waals surface area (Å²) in [4.78, 5) is 13.5.